The maximum atomic E-state index is 13.9. The number of fused-ring (bicyclic) bond motifs is 2. The number of methoxy groups -OCH3 is 1. The summed E-state index contributed by atoms with van der Waals surface area (Å²) in [6.45, 7) is 6.67. The van der Waals surface area contributed by atoms with Crippen LogP contribution in [-0.4, -0.2) is 19.6 Å². The van der Waals surface area contributed by atoms with E-state index in [-0.39, 0.29) is 17.1 Å². The lowest BCUT2D eigenvalue weighted by atomic mass is 9.97. The van der Waals surface area contributed by atoms with Crippen molar-refractivity contribution >= 4 is 22.6 Å². The third-order valence-electron chi connectivity index (χ3n) is 6.85. The lowest BCUT2D eigenvalue weighted by molar-refractivity contribution is 0.0971. The number of anilines is 1. The number of unbranched alkanes of at least 4 members (excludes halogenated alkanes) is 2. The maximum absolute atomic E-state index is 13.9. The topological polar surface area (TPSA) is 69.0 Å². The van der Waals surface area contributed by atoms with Crippen LogP contribution in [0.25, 0.3) is 11.0 Å². The van der Waals surface area contributed by atoms with Gasteiger partial charge in [-0.3, -0.25) is 14.5 Å². The van der Waals surface area contributed by atoms with Gasteiger partial charge in [0.05, 0.1) is 30.7 Å². The molecule has 0 aliphatic carbocycles. The van der Waals surface area contributed by atoms with Crippen LogP contribution in [0.15, 0.2) is 69.9 Å². The fourth-order valence-corrected chi connectivity index (χ4v) is 4.88. The SMILES string of the molecule is CCCCCOc1ccc(C2c3c(oc4ccc(C)cc4c3=O)C(=O)N2c2ccc(C)cc2)cc1OC. The number of aryl methyl sites for hydroxylation is 2. The van der Waals surface area contributed by atoms with E-state index in [9.17, 15) is 9.59 Å². The van der Waals surface area contributed by atoms with Crippen molar-refractivity contribution in [3.63, 3.8) is 0 Å². The summed E-state index contributed by atoms with van der Waals surface area (Å²) in [5.74, 6) is 0.919. The molecular weight excluding hydrogens is 466 g/mol. The standard InChI is InChI=1S/C31H31NO5/c1-5-6-7-16-36-25-15-11-21(18-26(25)35-4)28-27-29(33)23-17-20(3)10-14-24(23)37-30(27)31(34)32(28)22-12-8-19(2)9-13-22/h8-15,17-18,28H,5-7,16H2,1-4H3. The van der Waals surface area contributed by atoms with E-state index in [0.717, 1.165) is 36.0 Å². The van der Waals surface area contributed by atoms with Crippen molar-refractivity contribution in [1.29, 1.82) is 0 Å². The summed E-state index contributed by atoms with van der Waals surface area (Å²) in [6.07, 6.45) is 3.16. The van der Waals surface area contributed by atoms with E-state index >= 15 is 0 Å². The van der Waals surface area contributed by atoms with Gasteiger partial charge in [0.2, 0.25) is 5.76 Å². The maximum Gasteiger partial charge on any atom is 0.295 e. The highest BCUT2D eigenvalue weighted by Crippen LogP contribution is 2.43. The van der Waals surface area contributed by atoms with E-state index in [1.807, 2.05) is 68.4 Å². The molecule has 1 aromatic heterocycles. The van der Waals surface area contributed by atoms with E-state index in [0.29, 0.717) is 40.3 Å². The van der Waals surface area contributed by atoms with Crippen LogP contribution in [-0.2, 0) is 0 Å². The number of amides is 1. The Morgan fingerprint density at radius 3 is 2.38 bits per heavy atom. The summed E-state index contributed by atoms with van der Waals surface area (Å²) in [5.41, 5.74) is 3.98. The lowest BCUT2D eigenvalue weighted by Crippen LogP contribution is -2.29. The minimum atomic E-state index is -0.672. The van der Waals surface area contributed by atoms with Crippen molar-refractivity contribution in [1.82, 2.24) is 0 Å². The highest BCUT2D eigenvalue weighted by Gasteiger charge is 2.44. The van der Waals surface area contributed by atoms with Gasteiger partial charge in [-0.05, 0) is 62.2 Å². The molecule has 1 atom stereocenters. The zero-order valence-electron chi connectivity index (χ0n) is 21.7. The fourth-order valence-electron chi connectivity index (χ4n) is 4.88. The van der Waals surface area contributed by atoms with Crippen LogP contribution in [0.1, 0.15) is 65.0 Å². The summed E-state index contributed by atoms with van der Waals surface area (Å²) < 4.78 is 17.7. The van der Waals surface area contributed by atoms with E-state index in [2.05, 4.69) is 6.92 Å². The molecule has 5 rings (SSSR count). The molecule has 0 saturated heterocycles. The number of hydrogen-bond acceptors (Lipinski definition) is 5. The molecule has 0 saturated carbocycles. The summed E-state index contributed by atoms with van der Waals surface area (Å²) in [7, 11) is 1.59. The van der Waals surface area contributed by atoms with Gasteiger partial charge in [0.25, 0.3) is 5.91 Å². The highest BCUT2D eigenvalue weighted by molar-refractivity contribution is 6.10. The number of nitrogens with zero attached hydrogens (tertiary/aromatic N) is 1. The molecule has 6 nitrogen and oxygen atoms in total. The van der Waals surface area contributed by atoms with Gasteiger partial charge in [0, 0.05) is 5.69 Å². The van der Waals surface area contributed by atoms with E-state index < -0.39 is 6.04 Å². The van der Waals surface area contributed by atoms with Crippen molar-refractivity contribution < 1.29 is 18.7 Å². The van der Waals surface area contributed by atoms with Gasteiger partial charge >= 0.3 is 0 Å². The molecule has 1 aliphatic rings. The molecule has 37 heavy (non-hydrogen) atoms. The third-order valence-corrected chi connectivity index (χ3v) is 6.85. The van der Waals surface area contributed by atoms with Gasteiger partial charge < -0.3 is 13.9 Å². The van der Waals surface area contributed by atoms with Gasteiger partial charge in [0.1, 0.15) is 5.58 Å². The van der Waals surface area contributed by atoms with Crippen LogP contribution in [0, 0.1) is 13.8 Å². The molecule has 0 fully saturated rings. The minimum absolute atomic E-state index is 0.0748. The Morgan fingerprint density at radius 2 is 1.65 bits per heavy atom. The zero-order chi connectivity index (χ0) is 26.1. The van der Waals surface area contributed by atoms with Gasteiger partial charge in [0.15, 0.2) is 16.9 Å². The zero-order valence-corrected chi connectivity index (χ0v) is 21.7. The van der Waals surface area contributed by atoms with Crippen molar-refractivity contribution in [3.8, 4) is 11.5 Å². The van der Waals surface area contributed by atoms with Gasteiger partial charge in [-0.2, -0.15) is 0 Å². The molecule has 3 aromatic carbocycles. The number of carbonyl (C=O) groups excluding carboxylic acids is 1. The molecule has 190 valence electrons. The average Bonchev–Trinajstić information content (AvgIpc) is 3.20. The first-order valence-corrected chi connectivity index (χ1v) is 12.7. The molecule has 2 heterocycles. The second-order valence-corrected chi connectivity index (χ2v) is 9.55. The molecule has 6 heteroatoms. The molecule has 1 amide bonds. The molecule has 0 bridgehead atoms. The number of carbonyl (C=O) groups is 1. The van der Waals surface area contributed by atoms with Crippen LogP contribution < -0.4 is 19.8 Å². The van der Waals surface area contributed by atoms with Gasteiger partial charge in [-0.25, -0.2) is 0 Å². The molecule has 1 aliphatic heterocycles. The summed E-state index contributed by atoms with van der Waals surface area (Å²) in [6, 6.07) is 18.0. The fraction of sp³-hybridized carbons (Fsp3) is 0.290. The Labute approximate surface area is 216 Å². The molecule has 0 spiro atoms. The van der Waals surface area contributed by atoms with Crippen molar-refractivity contribution in [3.05, 3.63) is 98.9 Å². The monoisotopic (exact) mass is 497 g/mol. The Hall–Kier alpha value is -4.06. The number of rotatable bonds is 8. The third kappa shape index (κ3) is 4.48. The highest BCUT2D eigenvalue weighted by atomic mass is 16.5. The quantitative estimate of drug-likeness (QED) is 0.252. The Kier molecular flexibility index (Phi) is 6.74. The Bertz CT molecular complexity index is 1520. The second-order valence-electron chi connectivity index (χ2n) is 9.55. The van der Waals surface area contributed by atoms with E-state index in [1.54, 1.807) is 18.1 Å². The predicted molar refractivity (Wildman–Crippen MR) is 145 cm³/mol. The average molecular weight is 498 g/mol. The Morgan fingerprint density at radius 1 is 0.892 bits per heavy atom. The first kappa shape index (κ1) is 24.6. The minimum Gasteiger partial charge on any atom is -0.493 e. The molecule has 0 radical (unpaired) electrons. The first-order chi connectivity index (χ1) is 17.9. The normalized spacial score (nSPS) is 14.8. The molecule has 1 unspecified atom stereocenters. The largest absolute Gasteiger partial charge is 0.493 e. The van der Waals surface area contributed by atoms with Crippen LogP contribution in [0.3, 0.4) is 0 Å². The summed E-state index contributed by atoms with van der Waals surface area (Å²) >= 11 is 0. The molecule has 4 aromatic rings. The first-order valence-electron chi connectivity index (χ1n) is 12.7. The van der Waals surface area contributed by atoms with E-state index in [1.165, 1.54) is 0 Å². The smallest absolute Gasteiger partial charge is 0.295 e. The van der Waals surface area contributed by atoms with E-state index in [4.69, 9.17) is 13.9 Å². The van der Waals surface area contributed by atoms with Crippen molar-refractivity contribution in [2.45, 2.75) is 46.1 Å². The van der Waals surface area contributed by atoms with Gasteiger partial charge in [-0.1, -0.05) is 55.2 Å². The van der Waals surface area contributed by atoms with Crippen molar-refractivity contribution in [2.24, 2.45) is 0 Å². The number of benzene rings is 3. The van der Waals surface area contributed by atoms with Crippen molar-refractivity contribution in [2.75, 3.05) is 18.6 Å². The Balaban J connectivity index is 1.67. The summed E-state index contributed by atoms with van der Waals surface area (Å²) in [4.78, 5) is 29.3. The number of ether oxygens (including phenoxy) is 2. The van der Waals surface area contributed by atoms with Gasteiger partial charge in [-0.15, -0.1) is 0 Å². The lowest BCUT2D eigenvalue weighted by Gasteiger charge is -2.26. The summed E-state index contributed by atoms with van der Waals surface area (Å²) in [5, 5.41) is 0.463. The second kappa shape index (κ2) is 10.1. The number of hydrogen-bond donors (Lipinski definition) is 0. The van der Waals surface area contributed by atoms with Crippen LogP contribution in [0.2, 0.25) is 0 Å². The molecule has 0 N–H and O–H groups in total. The van der Waals surface area contributed by atoms with Crippen LogP contribution >= 0.6 is 0 Å². The van der Waals surface area contributed by atoms with Crippen LogP contribution in [0.4, 0.5) is 5.69 Å². The van der Waals surface area contributed by atoms with Crippen LogP contribution in [0.5, 0.6) is 11.5 Å². The molecular formula is C31H31NO5. The predicted octanol–water partition coefficient (Wildman–Crippen LogP) is 6.74.